The number of aliphatic hydroxyl groups is 2. The Bertz CT molecular complexity index is 97.1. The van der Waals surface area contributed by atoms with Crippen molar-refractivity contribution in [3.05, 3.63) is 0 Å². The zero-order valence-corrected chi connectivity index (χ0v) is 5.80. The summed E-state index contributed by atoms with van der Waals surface area (Å²) in [4.78, 5) is 0. The third kappa shape index (κ3) is 1.10. The zero-order valence-electron chi connectivity index (χ0n) is 5.80. The second-order valence-electron chi connectivity index (χ2n) is 2.94. The summed E-state index contributed by atoms with van der Waals surface area (Å²) in [5.74, 6) is 0. The van der Waals surface area contributed by atoms with E-state index in [1.54, 1.807) is 0 Å². The summed E-state index contributed by atoms with van der Waals surface area (Å²) < 4.78 is 0. The first-order valence-corrected chi connectivity index (χ1v) is 3.54. The molecule has 1 fully saturated rings. The fourth-order valence-electron chi connectivity index (χ4n) is 1.19. The van der Waals surface area contributed by atoms with E-state index in [-0.39, 0.29) is 18.1 Å². The molecule has 9 heavy (non-hydrogen) atoms. The number of hydrogen-bond donors (Lipinski definition) is 2. The van der Waals surface area contributed by atoms with Crippen molar-refractivity contribution >= 4 is 0 Å². The van der Waals surface area contributed by atoms with E-state index >= 15 is 0 Å². The van der Waals surface area contributed by atoms with Gasteiger partial charge in [0.25, 0.3) is 0 Å². The van der Waals surface area contributed by atoms with Crippen LogP contribution in [0.5, 0.6) is 0 Å². The van der Waals surface area contributed by atoms with Crippen LogP contribution in [0.25, 0.3) is 0 Å². The van der Waals surface area contributed by atoms with Gasteiger partial charge < -0.3 is 10.2 Å². The fourth-order valence-corrected chi connectivity index (χ4v) is 1.19. The van der Waals surface area contributed by atoms with Crippen molar-refractivity contribution in [2.24, 2.45) is 5.41 Å². The van der Waals surface area contributed by atoms with E-state index in [4.69, 9.17) is 5.11 Å². The van der Waals surface area contributed by atoms with Crippen molar-refractivity contribution in [3.8, 4) is 0 Å². The van der Waals surface area contributed by atoms with Crippen molar-refractivity contribution in [2.45, 2.75) is 32.3 Å². The molecule has 0 saturated heterocycles. The number of rotatable bonds is 3. The van der Waals surface area contributed by atoms with E-state index in [0.717, 1.165) is 19.3 Å². The standard InChI is InChI=1S/C7H14O2/c1-2-6(9)7(5-8)3-4-7/h6,8-9H,2-5H2,1H3. The lowest BCUT2D eigenvalue weighted by molar-refractivity contribution is 0.0483. The normalized spacial score (nSPS) is 25.7. The quantitative estimate of drug-likeness (QED) is 0.585. The maximum atomic E-state index is 9.29. The van der Waals surface area contributed by atoms with E-state index in [1.807, 2.05) is 6.92 Å². The van der Waals surface area contributed by atoms with Crippen LogP contribution in [-0.4, -0.2) is 22.9 Å². The highest BCUT2D eigenvalue weighted by atomic mass is 16.3. The SMILES string of the molecule is CCC(O)C1(CO)CC1. The van der Waals surface area contributed by atoms with Crippen molar-refractivity contribution in [1.82, 2.24) is 0 Å². The average Bonchev–Trinajstić information content (AvgIpc) is 2.66. The molecule has 1 atom stereocenters. The summed E-state index contributed by atoms with van der Waals surface area (Å²) in [6.07, 6.45) is 2.49. The molecule has 2 heteroatoms. The van der Waals surface area contributed by atoms with E-state index in [1.165, 1.54) is 0 Å². The van der Waals surface area contributed by atoms with Gasteiger partial charge in [0.1, 0.15) is 0 Å². The van der Waals surface area contributed by atoms with Crippen LogP contribution in [0.3, 0.4) is 0 Å². The molecular weight excluding hydrogens is 116 g/mol. The lowest BCUT2D eigenvalue weighted by Crippen LogP contribution is -2.24. The van der Waals surface area contributed by atoms with Crippen LogP contribution >= 0.6 is 0 Å². The van der Waals surface area contributed by atoms with Crippen LogP contribution in [0.4, 0.5) is 0 Å². The van der Waals surface area contributed by atoms with Crippen LogP contribution in [0.2, 0.25) is 0 Å². The van der Waals surface area contributed by atoms with Gasteiger partial charge >= 0.3 is 0 Å². The van der Waals surface area contributed by atoms with Crippen LogP contribution in [0, 0.1) is 5.41 Å². The summed E-state index contributed by atoms with van der Waals surface area (Å²) in [5, 5.41) is 18.1. The Labute approximate surface area is 55.5 Å². The summed E-state index contributed by atoms with van der Waals surface area (Å²) in [6.45, 7) is 2.10. The largest absolute Gasteiger partial charge is 0.396 e. The van der Waals surface area contributed by atoms with Gasteiger partial charge in [-0.2, -0.15) is 0 Å². The minimum atomic E-state index is -0.275. The van der Waals surface area contributed by atoms with Crippen LogP contribution < -0.4 is 0 Å². The van der Waals surface area contributed by atoms with Crippen molar-refractivity contribution in [2.75, 3.05) is 6.61 Å². The summed E-state index contributed by atoms with van der Waals surface area (Å²) in [7, 11) is 0. The Kier molecular flexibility index (Phi) is 1.78. The maximum Gasteiger partial charge on any atom is 0.0615 e. The van der Waals surface area contributed by atoms with Gasteiger partial charge in [0, 0.05) is 5.41 Å². The van der Waals surface area contributed by atoms with Crippen LogP contribution in [0.15, 0.2) is 0 Å². The Morgan fingerprint density at radius 2 is 2.11 bits per heavy atom. The lowest BCUT2D eigenvalue weighted by Gasteiger charge is -2.17. The van der Waals surface area contributed by atoms with Gasteiger partial charge in [-0.15, -0.1) is 0 Å². The molecule has 54 valence electrons. The Balaban J connectivity index is 2.39. The fraction of sp³-hybridized carbons (Fsp3) is 1.00. The molecule has 0 spiro atoms. The topological polar surface area (TPSA) is 40.5 Å². The van der Waals surface area contributed by atoms with Crippen LogP contribution in [0.1, 0.15) is 26.2 Å². The first-order valence-electron chi connectivity index (χ1n) is 3.54. The second-order valence-corrected chi connectivity index (χ2v) is 2.94. The van der Waals surface area contributed by atoms with Gasteiger partial charge in [-0.05, 0) is 19.3 Å². The molecule has 0 amide bonds. The first-order chi connectivity index (χ1) is 4.25. The van der Waals surface area contributed by atoms with Gasteiger partial charge in [-0.25, -0.2) is 0 Å². The molecule has 0 aromatic heterocycles. The van der Waals surface area contributed by atoms with E-state index in [9.17, 15) is 5.11 Å². The molecule has 1 rings (SSSR count). The predicted molar refractivity (Wildman–Crippen MR) is 35.1 cm³/mol. The Hall–Kier alpha value is -0.0800. The van der Waals surface area contributed by atoms with Gasteiger partial charge in [0.15, 0.2) is 0 Å². The molecule has 1 aliphatic carbocycles. The smallest absolute Gasteiger partial charge is 0.0615 e. The molecule has 0 radical (unpaired) electrons. The highest BCUT2D eigenvalue weighted by Crippen LogP contribution is 2.48. The summed E-state index contributed by atoms with van der Waals surface area (Å²) in [5.41, 5.74) is -0.0885. The van der Waals surface area contributed by atoms with E-state index in [2.05, 4.69) is 0 Å². The third-order valence-electron chi connectivity index (χ3n) is 2.30. The van der Waals surface area contributed by atoms with Crippen molar-refractivity contribution in [1.29, 1.82) is 0 Å². The molecule has 1 aliphatic rings. The molecule has 0 heterocycles. The molecule has 2 nitrogen and oxygen atoms in total. The van der Waals surface area contributed by atoms with Gasteiger partial charge in [-0.1, -0.05) is 6.92 Å². The maximum absolute atomic E-state index is 9.29. The minimum absolute atomic E-state index is 0.0885. The van der Waals surface area contributed by atoms with E-state index < -0.39 is 0 Å². The lowest BCUT2D eigenvalue weighted by atomic mass is 9.99. The molecule has 0 aromatic carbocycles. The highest BCUT2D eigenvalue weighted by Gasteiger charge is 2.47. The van der Waals surface area contributed by atoms with Gasteiger partial charge in [0.2, 0.25) is 0 Å². The van der Waals surface area contributed by atoms with Crippen molar-refractivity contribution < 1.29 is 10.2 Å². The molecule has 1 unspecified atom stereocenters. The van der Waals surface area contributed by atoms with Gasteiger partial charge in [0.05, 0.1) is 12.7 Å². The molecule has 2 N–H and O–H groups in total. The molecule has 0 bridgehead atoms. The van der Waals surface area contributed by atoms with Crippen LogP contribution in [-0.2, 0) is 0 Å². The summed E-state index contributed by atoms with van der Waals surface area (Å²) in [6, 6.07) is 0. The monoisotopic (exact) mass is 130 g/mol. The minimum Gasteiger partial charge on any atom is -0.396 e. The number of aliphatic hydroxyl groups excluding tert-OH is 2. The van der Waals surface area contributed by atoms with Crippen molar-refractivity contribution in [3.63, 3.8) is 0 Å². The predicted octanol–water partition coefficient (Wildman–Crippen LogP) is 0.530. The molecule has 0 aliphatic heterocycles. The molecular formula is C7H14O2. The first kappa shape index (κ1) is 7.03. The third-order valence-corrected chi connectivity index (χ3v) is 2.30. The average molecular weight is 130 g/mol. The second kappa shape index (κ2) is 2.27. The number of hydrogen-bond acceptors (Lipinski definition) is 2. The Morgan fingerprint density at radius 3 is 2.22 bits per heavy atom. The summed E-state index contributed by atoms with van der Waals surface area (Å²) >= 11 is 0. The van der Waals surface area contributed by atoms with E-state index in [0.29, 0.717) is 0 Å². The molecule has 1 saturated carbocycles. The Morgan fingerprint density at radius 1 is 1.56 bits per heavy atom. The van der Waals surface area contributed by atoms with Gasteiger partial charge in [-0.3, -0.25) is 0 Å². The highest BCUT2D eigenvalue weighted by molar-refractivity contribution is 4.97. The molecule has 0 aromatic rings. The zero-order chi connectivity index (χ0) is 6.91.